The third-order valence-corrected chi connectivity index (χ3v) is 4.42. The maximum absolute atomic E-state index is 14.4. The van der Waals surface area contributed by atoms with Crippen LogP contribution in [0.3, 0.4) is 0 Å². The van der Waals surface area contributed by atoms with E-state index in [1.807, 2.05) is 19.9 Å². The third-order valence-electron chi connectivity index (χ3n) is 4.42. The average Bonchev–Trinajstić information content (AvgIpc) is 2.80. The standard InChI is InChI=1S/C17H18FN3O3/c1-10-8-11(2)21(20-10)14-5-4-12(9-13(14)18)15(22)19-17(16(23)24)6-3-7-17/h4-5,8-9H,3,6-7H2,1-2H3,(H,19,22)(H,23,24). The highest BCUT2D eigenvalue weighted by molar-refractivity contribution is 5.98. The van der Waals surface area contributed by atoms with Crippen LogP contribution in [0.2, 0.25) is 0 Å². The fourth-order valence-corrected chi connectivity index (χ4v) is 2.90. The van der Waals surface area contributed by atoms with Crippen LogP contribution in [0.25, 0.3) is 5.69 Å². The number of halogens is 1. The summed E-state index contributed by atoms with van der Waals surface area (Å²) in [7, 11) is 0. The minimum absolute atomic E-state index is 0.0882. The predicted molar refractivity (Wildman–Crippen MR) is 84.7 cm³/mol. The summed E-state index contributed by atoms with van der Waals surface area (Å²) in [6, 6.07) is 5.87. The Kier molecular flexibility index (Phi) is 3.87. The number of carbonyl (C=O) groups is 2. The SMILES string of the molecule is Cc1cc(C)n(-c2ccc(C(=O)NC3(C(=O)O)CCC3)cc2F)n1. The molecule has 1 aliphatic rings. The van der Waals surface area contributed by atoms with Gasteiger partial charge in [-0.2, -0.15) is 5.10 Å². The van der Waals surface area contributed by atoms with Gasteiger partial charge in [-0.15, -0.1) is 0 Å². The van der Waals surface area contributed by atoms with Crippen molar-refractivity contribution in [2.45, 2.75) is 38.6 Å². The Bertz CT molecular complexity index is 824. The number of benzene rings is 1. The molecule has 24 heavy (non-hydrogen) atoms. The van der Waals surface area contributed by atoms with Gasteiger partial charge in [-0.1, -0.05) is 0 Å². The van der Waals surface area contributed by atoms with Crippen molar-refractivity contribution >= 4 is 11.9 Å². The smallest absolute Gasteiger partial charge is 0.329 e. The minimum Gasteiger partial charge on any atom is -0.480 e. The van der Waals surface area contributed by atoms with Crippen molar-refractivity contribution in [1.82, 2.24) is 15.1 Å². The first kappa shape index (κ1) is 16.2. The largest absolute Gasteiger partial charge is 0.480 e. The van der Waals surface area contributed by atoms with Crippen molar-refractivity contribution in [2.24, 2.45) is 0 Å². The van der Waals surface area contributed by atoms with Gasteiger partial charge in [-0.3, -0.25) is 4.79 Å². The molecule has 1 fully saturated rings. The Hall–Kier alpha value is -2.70. The van der Waals surface area contributed by atoms with E-state index in [-0.39, 0.29) is 11.3 Å². The van der Waals surface area contributed by atoms with E-state index in [0.29, 0.717) is 12.8 Å². The van der Waals surface area contributed by atoms with Gasteiger partial charge in [0.1, 0.15) is 17.0 Å². The summed E-state index contributed by atoms with van der Waals surface area (Å²) in [6.07, 6.45) is 1.53. The van der Waals surface area contributed by atoms with Crippen LogP contribution in [-0.2, 0) is 4.79 Å². The molecule has 3 rings (SSSR count). The topological polar surface area (TPSA) is 84.2 Å². The van der Waals surface area contributed by atoms with Gasteiger partial charge in [0.2, 0.25) is 0 Å². The van der Waals surface area contributed by atoms with Crippen LogP contribution in [0.15, 0.2) is 24.3 Å². The van der Waals surface area contributed by atoms with E-state index in [4.69, 9.17) is 0 Å². The van der Waals surface area contributed by atoms with Crippen molar-refractivity contribution < 1.29 is 19.1 Å². The average molecular weight is 331 g/mol. The first-order chi connectivity index (χ1) is 11.3. The van der Waals surface area contributed by atoms with Crippen LogP contribution in [0.4, 0.5) is 4.39 Å². The van der Waals surface area contributed by atoms with E-state index in [0.717, 1.165) is 23.9 Å². The molecule has 7 heteroatoms. The van der Waals surface area contributed by atoms with Crippen LogP contribution in [0.5, 0.6) is 0 Å². The van der Waals surface area contributed by atoms with Gasteiger partial charge in [-0.05, 0) is 57.4 Å². The van der Waals surface area contributed by atoms with E-state index in [9.17, 15) is 19.1 Å². The quantitative estimate of drug-likeness (QED) is 0.901. The molecule has 2 N–H and O–H groups in total. The normalized spacial score (nSPS) is 15.6. The zero-order valence-corrected chi connectivity index (χ0v) is 13.5. The molecule has 0 bridgehead atoms. The van der Waals surface area contributed by atoms with Crippen molar-refractivity contribution in [3.8, 4) is 5.69 Å². The number of aryl methyl sites for hydroxylation is 2. The number of nitrogens with one attached hydrogen (secondary N) is 1. The lowest BCUT2D eigenvalue weighted by Gasteiger charge is -2.38. The summed E-state index contributed by atoms with van der Waals surface area (Å²) in [5, 5.41) is 16.0. The van der Waals surface area contributed by atoms with E-state index in [1.54, 1.807) is 0 Å². The third kappa shape index (κ3) is 2.66. The summed E-state index contributed by atoms with van der Waals surface area (Å²) in [6.45, 7) is 3.63. The number of carboxylic acid groups (broad SMARTS) is 1. The molecule has 126 valence electrons. The van der Waals surface area contributed by atoms with E-state index in [1.165, 1.54) is 16.8 Å². The Morgan fingerprint density at radius 3 is 2.46 bits per heavy atom. The number of hydrogen-bond acceptors (Lipinski definition) is 3. The van der Waals surface area contributed by atoms with Gasteiger partial charge in [0.05, 0.1) is 5.69 Å². The summed E-state index contributed by atoms with van der Waals surface area (Å²) >= 11 is 0. The Balaban J connectivity index is 1.86. The molecule has 0 saturated heterocycles. The number of aromatic nitrogens is 2. The van der Waals surface area contributed by atoms with Crippen LogP contribution in [0.1, 0.15) is 41.0 Å². The van der Waals surface area contributed by atoms with Crippen molar-refractivity contribution in [3.63, 3.8) is 0 Å². The van der Waals surface area contributed by atoms with E-state index >= 15 is 0 Å². The van der Waals surface area contributed by atoms with Gasteiger partial charge in [0.15, 0.2) is 0 Å². The first-order valence-electron chi connectivity index (χ1n) is 7.71. The highest BCUT2D eigenvalue weighted by Crippen LogP contribution is 2.32. The summed E-state index contributed by atoms with van der Waals surface area (Å²) < 4.78 is 15.9. The molecule has 0 spiro atoms. The van der Waals surface area contributed by atoms with Crippen molar-refractivity contribution in [2.75, 3.05) is 0 Å². The molecule has 2 aromatic rings. The zero-order chi connectivity index (χ0) is 17.5. The Morgan fingerprint density at radius 1 is 1.29 bits per heavy atom. The lowest BCUT2D eigenvalue weighted by Crippen LogP contribution is -2.59. The second kappa shape index (κ2) is 5.74. The zero-order valence-electron chi connectivity index (χ0n) is 13.5. The highest BCUT2D eigenvalue weighted by atomic mass is 19.1. The second-order valence-electron chi connectivity index (χ2n) is 6.20. The molecular weight excluding hydrogens is 313 g/mol. The monoisotopic (exact) mass is 331 g/mol. The summed E-state index contributed by atoms with van der Waals surface area (Å²) in [5.74, 6) is -2.23. The van der Waals surface area contributed by atoms with Crippen molar-refractivity contribution in [3.05, 3.63) is 47.0 Å². The molecule has 0 unspecified atom stereocenters. The van der Waals surface area contributed by atoms with E-state index in [2.05, 4.69) is 10.4 Å². The molecule has 1 amide bonds. The maximum atomic E-state index is 14.4. The second-order valence-corrected chi connectivity index (χ2v) is 6.20. The predicted octanol–water partition coefficient (Wildman–Crippen LogP) is 2.37. The van der Waals surface area contributed by atoms with E-state index < -0.39 is 23.2 Å². The lowest BCUT2D eigenvalue weighted by molar-refractivity contribution is -0.148. The maximum Gasteiger partial charge on any atom is 0.329 e. The number of carbonyl (C=O) groups excluding carboxylic acids is 1. The molecule has 0 atom stereocenters. The number of rotatable bonds is 4. The van der Waals surface area contributed by atoms with Crippen LogP contribution in [0, 0.1) is 19.7 Å². The Morgan fingerprint density at radius 2 is 2.00 bits per heavy atom. The number of nitrogens with zero attached hydrogens (tertiary/aromatic N) is 2. The molecule has 6 nitrogen and oxygen atoms in total. The van der Waals surface area contributed by atoms with Gasteiger partial charge in [0.25, 0.3) is 5.91 Å². The number of hydrogen-bond donors (Lipinski definition) is 2. The number of amides is 1. The van der Waals surface area contributed by atoms with Crippen molar-refractivity contribution in [1.29, 1.82) is 0 Å². The number of aliphatic carboxylic acids is 1. The molecule has 0 radical (unpaired) electrons. The van der Waals surface area contributed by atoms with Gasteiger partial charge < -0.3 is 10.4 Å². The highest BCUT2D eigenvalue weighted by Gasteiger charge is 2.45. The van der Waals surface area contributed by atoms with Crippen LogP contribution < -0.4 is 5.32 Å². The fraction of sp³-hybridized carbons (Fsp3) is 0.353. The lowest BCUT2D eigenvalue weighted by atomic mass is 9.76. The van der Waals surface area contributed by atoms with Crippen LogP contribution >= 0.6 is 0 Å². The summed E-state index contributed by atoms with van der Waals surface area (Å²) in [4.78, 5) is 23.6. The molecule has 1 heterocycles. The fourth-order valence-electron chi connectivity index (χ4n) is 2.90. The molecule has 1 aromatic carbocycles. The summed E-state index contributed by atoms with van der Waals surface area (Å²) in [5.41, 5.74) is 0.658. The molecular formula is C17H18FN3O3. The van der Waals surface area contributed by atoms with Crippen LogP contribution in [-0.4, -0.2) is 32.3 Å². The van der Waals surface area contributed by atoms with Gasteiger partial charge in [0, 0.05) is 11.3 Å². The number of carboxylic acids is 1. The van der Waals surface area contributed by atoms with Gasteiger partial charge in [-0.25, -0.2) is 13.9 Å². The minimum atomic E-state index is -1.22. The molecule has 1 saturated carbocycles. The molecule has 1 aliphatic carbocycles. The molecule has 1 aromatic heterocycles. The first-order valence-corrected chi connectivity index (χ1v) is 7.71. The Labute approximate surface area is 138 Å². The molecule has 0 aliphatic heterocycles. The van der Waals surface area contributed by atoms with Gasteiger partial charge >= 0.3 is 5.97 Å².